The van der Waals surface area contributed by atoms with Crippen molar-refractivity contribution in [3.05, 3.63) is 23.4 Å². The first-order valence-electron chi connectivity index (χ1n) is 4.40. The van der Waals surface area contributed by atoms with Crippen LogP contribution < -0.4 is 5.32 Å². The Morgan fingerprint density at radius 2 is 2.38 bits per heavy atom. The van der Waals surface area contributed by atoms with E-state index in [0.29, 0.717) is 12.0 Å². The van der Waals surface area contributed by atoms with Crippen LogP contribution in [0, 0.1) is 0 Å². The van der Waals surface area contributed by atoms with E-state index in [1.807, 2.05) is 0 Å². The highest BCUT2D eigenvalue weighted by molar-refractivity contribution is 5.88. The fraction of sp³-hybridized carbons (Fsp3) is 0.500. The third-order valence-electron chi connectivity index (χ3n) is 2.06. The lowest BCUT2D eigenvalue weighted by Crippen LogP contribution is -2.14. The molecule has 0 spiro atoms. The fourth-order valence-electron chi connectivity index (χ4n) is 1.18. The summed E-state index contributed by atoms with van der Waals surface area (Å²) >= 11 is 0. The van der Waals surface area contributed by atoms with E-state index in [9.17, 15) is 4.79 Å². The molecule has 0 saturated heterocycles. The number of esters is 1. The Hall–Kier alpha value is -1.25. The highest BCUT2D eigenvalue weighted by Gasteiger charge is 2.09. The molecule has 1 rings (SSSR count). The van der Waals surface area contributed by atoms with Gasteiger partial charge in [-0.25, -0.2) is 4.79 Å². The molecule has 0 aliphatic carbocycles. The molecule has 3 nitrogen and oxygen atoms in total. The molecule has 72 valence electrons. The van der Waals surface area contributed by atoms with E-state index in [2.05, 4.69) is 23.1 Å². The first-order chi connectivity index (χ1) is 6.24. The molecule has 0 aromatic rings. The van der Waals surface area contributed by atoms with Gasteiger partial charge < -0.3 is 10.1 Å². The molecule has 0 fully saturated rings. The lowest BCUT2D eigenvalue weighted by molar-refractivity contribution is -0.136. The topological polar surface area (TPSA) is 38.3 Å². The van der Waals surface area contributed by atoms with Crippen molar-refractivity contribution in [2.45, 2.75) is 19.8 Å². The van der Waals surface area contributed by atoms with Gasteiger partial charge in [0.2, 0.25) is 0 Å². The normalized spacial score (nSPS) is 25.4. The predicted molar refractivity (Wildman–Crippen MR) is 51.1 cm³/mol. The van der Waals surface area contributed by atoms with Crippen LogP contribution in [0.3, 0.4) is 0 Å². The van der Waals surface area contributed by atoms with Crippen LogP contribution in [0.2, 0.25) is 0 Å². The second kappa shape index (κ2) is 4.70. The summed E-state index contributed by atoms with van der Waals surface area (Å²) in [5.41, 5.74) is 1.99. The summed E-state index contributed by atoms with van der Waals surface area (Å²) < 4.78 is 4.64. The van der Waals surface area contributed by atoms with Gasteiger partial charge in [0.25, 0.3) is 0 Å². The molecule has 13 heavy (non-hydrogen) atoms. The third-order valence-corrected chi connectivity index (χ3v) is 2.06. The standard InChI is InChI=1S/C10H15NO2/c1-8-3-4-9(10(12)13-2)7-11-6-5-8/h3,7,11H,4-6H2,1-2H3/b8-3-,9-7+. The number of ether oxygens (including phenoxy) is 1. The molecule has 1 N–H and O–H groups in total. The van der Waals surface area contributed by atoms with Crippen molar-refractivity contribution in [1.29, 1.82) is 0 Å². The third kappa shape index (κ3) is 2.93. The van der Waals surface area contributed by atoms with Gasteiger partial charge >= 0.3 is 5.97 Å². The molecule has 0 bridgehead atoms. The number of nitrogens with one attached hydrogen (secondary N) is 1. The number of rotatable bonds is 1. The van der Waals surface area contributed by atoms with Gasteiger partial charge in [0, 0.05) is 12.7 Å². The highest BCUT2D eigenvalue weighted by atomic mass is 16.5. The van der Waals surface area contributed by atoms with Gasteiger partial charge in [-0.2, -0.15) is 0 Å². The SMILES string of the molecule is COC(=O)/C1=C/NCC/C(C)=C\C1. The number of hydrogen-bond acceptors (Lipinski definition) is 3. The molecule has 0 unspecified atom stereocenters. The zero-order valence-corrected chi connectivity index (χ0v) is 8.09. The summed E-state index contributed by atoms with van der Waals surface area (Å²) in [5, 5.41) is 3.08. The van der Waals surface area contributed by atoms with Gasteiger partial charge in [-0.1, -0.05) is 11.6 Å². The summed E-state index contributed by atoms with van der Waals surface area (Å²) in [6, 6.07) is 0. The average molecular weight is 181 g/mol. The minimum absolute atomic E-state index is 0.251. The van der Waals surface area contributed by atoms with E-state index in [4.69, 9.17) is 0 Å². The Labute approximate surface area is 78.5 Å². The fourth-order valence-corrected chi connectivity index (χ4v) is 1.18. The molecule has 0 saturated carbocycles. The molecule has 0 aromatic heterocycles. The van der Waals surface area contributed by atoms with Crippen LogP contribution >= 0.6 is 0 Å². The minimum atomic E-state index is -0.251. The van der Waals surface area contributed by atoms with Crippen molar-refractivity contribution in [2.75, 3.05) is 13.7 Å². The smallest absolute Gasteiger partial charge is 0.335 e. The van der Waals surface area contributed by atoms with E-state index in [0.717, 1.165) is 13.0 Å². The Morgan fingerprint density at radius 3 is 3.08 bits per heavy atom. The van der Waals surface area contributed by atoms with E-state index >= 15 is 0 Å². The molecule has 3 heteroatoms. The largest absolute Gasteiger partial charge is 0.466 e. The van der Waals surface area contributed by atoms with Crippen molar-refractivity contribution >= 4 is 5.97 Å². The van der Waals surface area contributed by atoms with Crippen molar-refractivity contribution in [3.8, 4) is 0 Å². The highest BCUT2D eigenvalue weighted by Crippen LogP contribution is 2.10. The molecule has 0 aromatic carbocycles. The van der Waals surface area contributed by atoms with Crippen molar-refractivity contribution in [1.82, 2.24) is 5.32 Å². The van der Waals surface area contributed by atoms with Crippen LogP contribution in [0.15, 0.2) is 23.4 Å². The second-order valence-electron chi connectivity index (χ2n) is 3.12. The zero-order valence-electron chi connectivity index (χ0n) is 8.09. The first-order valence-corrected chi connectivity index (χ1v) is 4.40. The van der Waals surface area contributed by atoms with Crippen molar-refractivity contribution in [2.24, 2.45) is 0 Å². The summed E-state index contributed by atoms with van der Waals surface area (Å²) in [5.74, 6) is -0.251. The van der Waals surface area contributed by atoms with Crippen LogP contribution in [-0.2, 0) is 9.53 Å². The Balaban J connectivity index is 2.68. The van der Waals surface area contributed by atoms with Gasteiger partial charge in [-0.3, -0.25) is 0 Å². The lowest BCUT2D eigenvalue weighted by Gasteiger charge is -2.09. The Bertz CT molecular complexity index is 254. The quantitative estimate of drug-likeness (QED) is 0.490. The number of carbonyl (C=O) groups is 1. The van der Waals surface area contributed by atoms with Crippen molar-refractivity contribution in [3.63, 3.8) is 0 Å². The van der Waals surface area contributed by atoms with Gasteiger partial charge in [-0.05, 0) is 19.8 Å². The first kappa shape index (κ1) is 9.84. The number of carbonyl (C=O) groups excluding carboxylic acids is 1. The molecule has 0 radical (unpaired) electrons. The minimum Gasteiger partial charge on any atom is -0.466 e. The van der Waals surface area contributed by atoms with E-state index in [-0.39, 0.29) is 5.97 Å². The maximum atomic E-state index is 11.2. The maximum Gasteiger partial charge on any atom is 0.335 e. The summed E-state index contributed by atoms with van der Waals surface area (Å²) in [4.78, 5) is 11.2. The average Bonchev–Trinajstić information content (AvgIpc) is 2.11. The van der Waals surface area contributed by atoms with Gasteiger partial charge in [0.05, 0.1) is 12.7 Å². The second-order valence-corrected chi connectivity index (χ2v) is 3.12. The monoisotopic (exact) mass is 181 g/mol. The summed E-state index contributed by atoms with van der Waals surface area (Å²) in [6.07, 6.45) is 5.51. The van der Waals surface area contributed by atoms with Crippen LogP contribution in [0.4, 0.5) is 0 Å². The van der Waals surface area contributed by atoms with Crippen LogP contribution in [0.5, 0.6) is 0 Å². The molecule has 1 aliphatic heterocycles. The molecule has 0 amide bonds. The summed E-state index contributed by atoms with van der Waals surface area (Å²) in [6.45, 7) is 2.95. The molecule has 0 atom stereocenters. The summed E-state index contributed by atoms with van der Waals surface area (Å²) in [7, 11) is 1.40. The molecule has 1 aliphatic rings. The number of methoxy groups -OCH3 is 1. The molecular formula is C10H15NO2. The van der Waals surface area contributed by atoms with Gasteiger partial charge in [0.15, 0.2) is 0 Å². The Kier molecular flexibility index (Phi) is 3.55. The van der Waals surface area contributed by atoms with E-state index < -0.39 is 0 Å². The van der Waals surface area contributed by atoms with Gasteiger partial charge in [0.1, 0.15) is 0 Å². The zero-order chi connectivity index (χ0) is 9.68. The lowest BCUT2D eigenvalue weighted by atomic mass is 10.1. The number of hydrogen-bond donors (Lipinski definition) is 1. The number of allylic oxidation sites excluding steroid dienone is 1. The Morgan fingerprint density at radius 1 is 1.62 bits per heavy atom. The van der Waals surface area contributed by atoms with E-state index in [1.54, 1.807) is 6.20 Å². The van der Waals surface area contributed by atoms with Crippen LogP contribution in [0.1, 0.15) is 19.8 Å². The van der Waals surface area contributed by atoms with E-state index in [1.165, 1.54) is 12.7 Å². The molecule has 1 heterocycles. The van der Waals surface area contributed by atoms with Crippen LogP contribution in [0.25, 0.3) is 0 Å². The molecular weight excluding hydrogens is 166 g/mol. The predicted octanol–water partition coefficient (Wildman–Crippen LogP) is 1.37. The van der Waals surface area contributed by atoms with Crippen LogP contribution in [-0.4, -0.2) is 19.6 Å². The maximum absolute atomic E-state index is 11.2. The van der Waals surface area contributed by atoms with Crippen molar-refractivity contribution < 1.29 is 9.53 Å². The van der Waals surface area contributed by atoms with Gasteiger partial charge in [-0.15, -0.1) is 0 Å².